The fraction of sp³-hybridized carbons (Fsp3) is 0. The van der Waals surface area contributed by atoms with Crippen LogP contribution in [0.2, 0.25) is 0 Å². The number of carbonyl (C=O) groups is 2. The van der Waals surface area contributed by atoms with Crippen LogP contribution < -0.4 is 0 Å². The summed E-state index contributed by atoms with van der Waals surface area (Å²) in [5.74, 6) is -0.537. The van der Waals surface area contributed by atoms with Crippen molar-refractivity contribution < 1.29 is 30.7 Å². The second-order valence-electron chi connectivity index (χ2n) is 7.46. The van der Waals surface area contributed by atoms with Gasteiger partial charge in [0.1, 0.15) is 11.8 Å². The summed E-state index contributed by atoms with van der Waals surface area (Å²) in [5, 5.41) is 7.92. The average Bonchev–Trinajstić information content (AvgIpc) is 3.36. The minimum atomic E-state index is -0.268. The number of carbonyl (C=O) groups excluding carboxylic acids is 2. The molecule has 0 atom stereocenters. The number of rotatable bonds is 2. The van der Waals surface area contributed by atoms with Gasteiger partial charge >= 0.3 is 21.1 Å². The van der Waals surface area contributed by atoms with Crippen molar-refractivity contribution in [2.24, 2.45) is 9.98 Å². The van der Waals surface area contributed by atoms with Crippen molar-refractivity contribution in [3.63, 3.8) is 0 Å². The van der Waals surface area contributed by atoms with Crippen LogP contribution in [-0.2, 0) is 30.7 Å². The van der Waals surface area contributed by atoms with E-state index >= 15 is 0 Å². The number of nitrogens with zero attached hydrogens (tertiary/aromatic N) is 4. The van der Waals surface area contributed by atoms with Gasteiger partial charge in [-0.2, -0.15) is 0 Å². The fourth-order valence-corrected chi connectivity index (χ4v) is 3.58. The van der Waals surface area contributed by atoms with E-state index in [2.05, 4.69) is 20.6 Å². The van der Waals surface area contributed by atoms with Gasteiger partial charge in [-0.3, -0.25) is 0 Å². The van der Waals surface area contributed by atoms with Gasteiger partial charge in [-0.25, -0.2) is 9.98 Å². The first-order valence-corrected chi connectivity index (χ1v) is 10.7. The Labute approximate surface area is 217 Å². The smallest absolute Gasteiger partial charge is 0.621 e. The van der Waals surface area contributed by atoms with Crippen molar-refractivity contribution in [2.75, 3.05) is 0 Å². The molecule has 168 valence electrons. The van der Waals surface area contributed by atoms with Gasteiger partial charge in [-0.15, -0.1) is 11.4 Å². The molecule has 2 amide bonds. The third-order valence-electron chi connectivity index (χ3n) is 5.16. The molecule has 0 aromatic heterocycles. The second-order valence-corrected chi connectivity index (χ2v) is 7.46. The van der Waals surface area contributed by atoms with Crippen molar-refractivity contribution in [1.82, 2.24) is 0 Å². The molecule has 35 heavy (non-hydrogen) atoms. The number of benzene rings is 4. The molecule has 0 saturated carbocycles. The van der Waals surface area contributed by atoms with Crippen LogP contribution in [0.1, 0.15) is 11.1 Å². The molecule has 2 heterocycles. The Kier molecular flexibility index (Phi) is 7.44. The largest absolute Gasteiger partial charge is 2.00 e. The molecule has 0 bridgehead atoms. The van der Waals surface area contributed by atoms with Crippen LogP contribution in [0.5, 0.6) is 0 Å². The van der Waals surface area contributed by atoms with Gasteiger partial charge in [0, 0.05) is 0 Å². The summed E-state index contributed by atoms with van der Waals surface area (Å²) in [6.45, 7) is 0. The summed E-state index contributed by atoms with van der Waals surface area (Å²) in [4.78, 5) is 32.2. The molecule has 0 spiro atoms. The van der Waals surface area contributed by atoms with Crippen LogP contribution >= 0.6 is 0 Å². The normalized spacial score (nSPS) is 15.3. The van der Waals surface area contributed by atoms with Gasteiger partial charge in [0.15, 0.2) is 0 Å². The molecule has 2 aliphatic rings. The summed E-state index contributed by atoms with van der Waals surface area (Å²) in [7, 11) is 0. The maximum atomic E-state index is 11.7. The minimum Gasteiger partial charge on any atom is -0.621 e. The maximum Gasteiger partial charge on any atom is 2.00 e. The molecule has 4 aromatic carbocycles. The minimum absolute atomic E-state index is 0. The predicted molar refractivity (Wildman–Crippen MR) is 134 cm³/mol. The molecule has 0 saturated heterocycles. The Morgan fingerprint density at radius 3 is 1.20 bits per heavy atom. The van der Waals surface area contributed by atoms with Crippen molar-refractivity contribution in [3.8, 4) is 0 Å². The van der Waals surface area contributed by atoms with E-state index in [9.17, 15) is 9.59 Å². The number of para-hydroxylation sites is 4. The van der Waals surface area contributed by atoms with E-state index in [1.807, 2.05) is 109 Å². The SMILES string of the molecule is O=C1[N-]c2ccccc2C1=Nc1ccccc1.O=C1[N-]c2ccccc2C1=Nc1ccccc1.[W+2]. The third-order valence-corrected chi connectivity index (χ3v) is 5.16. The molecule has 6 rings (SSSR count). The van der Waals surface area contributed by atoms with Gasteiger partial charge in [-0.05, 0) is 35.4 Å². The zero-order valence-electron chi connectivity index (χ0n) is 18.4. The maximum absolute atomic E-state index is 11.7. The number of aliphatic imine (C=N–C) groups is 2. The first-order valence-electron chi connectivity index (χ1n) is 10.7. The van der Waals surface area contributed by atoms with Gasteiger partial charge in [0.2, 0.25) is 0 Å². The van der Waals surface area contributed by atoms with Gasteiger partial charge in [-0.1, -0.05) is 84.9 Å². The first-order chi connectivity index (χ1) is 16.7. The number of hydrogen-bond donors (Lipinski definition) is 0. The van der Waals surface area contributed by atoms with E-state index in [-0.39, 0.29) is 32.9 Å². The first kappa shape index (κ1) is 24.0. The molecule has 2 aliphatic heterocycles. The summed E-state index contributed by atoms with van der Waals surface area (Å²) in [6.07, 6.45) is 0. The summed E-state index contributed by atoms with van der Waals surface area (Å²) in [5.41, 5.74) is 5.39. The van der Waals surface area contributed by atoms with E-state index in [0.29, 0.717) is 22.8 Å². The standard InChI is InChI=1S/2C14H10N2O.W/c2*17-14-13(15-10-6-2-1-3-7-10)11-8-4-5-9-12(11)16-14;/h2*1-9H,(H,15,16,17);/q;;+2/p-2. The molecule has 6 nitrogen and oxygen atoms in total. The number of amides is 2. The molecule has 4 aromatic rings. The zero-order valence-corrected chi connectivity index (χ0v) is 21.3. The molecule has 0 fully saturated rings. The third kappa shape index (κ3) is 5.34. The number of fused-ring (bicyclic) bond motifs is 2. The van der Waals surface area contributed by atoms with Crippen molar-refractivity contribution in [3.05, 3.63) is 131 Å². The second kappa shape index (κ2) is 10.8. The Balaban J connectivity index is 0.000000160. The Hall–Kier alpha value is -4.15. The van der Waals surface area contributed by atoms with Gasteiger partial charge < -0.3 is 20.2 Å². The average molecular weight is 626 g/mol. The Morgan fingerprint density at radius 2 is 0.800 bits per heavy atom. The Morgan fingerprint density at radius 1 is 0.457 bits per heavy atom. The molecule has 0 N–H and O–H groups in total. The van der Waals surface area contributed by atoms with E-state index in [4.69, 9.17) is 0 Å². The van der Waals surface area contributed by atoms with Crippen LogP contribution in [-0.4, -0.2) is 23.2 Å². The van der Waals surface area contributed by atoms with Crippen LogP contribution in [0.15, 0.2) is 119 Å². The van der Waals surface area contributed by atoms with Crippen molar-refractivity contribution in [2.45, 2.75) is 0 Å². The summed E-state index contributed by atoms with van der Waals surface area (Å²) >= 11 is 0. The van der Waals surface area contributed by atoms with E-state index in [1.165, 1.54) is 0 Å². The Bertz CT molecular complexity index is 1320. The van der Waals surface area contributed by atoms with Gasteiger partial charge in [0.25, 0.3) is 0 Å². The van der Waals surface area contributed by atoms with Crippen LogP contribution in [0.4, 0.5) is 22.7 Å². The molecule has 0 radical (unpaired) electrons. The predicted octanol–water partition coefficient (Wildman–Crippen LogP) is 6.70. The molecular weight excluding hydrogens is 608 g/mol. The van der Waals surface area contributed by atoms with Crippen LogP contribution in [0, 0.1) is 0 Å². The molecule has 7 heteroatoms. The quantitative estimate of drug-likeness (QED) is 0.248. The summed E-state index contributed by atoms with van der Waals surface area (Å²) in [6, 6.07) is 33.7. The van der Waals surface area contributed by atoms with E-state index < -0.39 is 0 Å². The monoisotopic (exact) mass is 626 g/mol. The zero-order chi connectivity index (χ0) is 23.3. The van der Waals surface area contributed by atoms with Crippen molar-refractivity contribution >= 4 is 46.0 Å². The van der Waals surface area contributed by atoms with E-state index in [1.54, 1.807) is 0 Å². The molecule has 0 aliphatic carbocycles. The van der Waals surface area contributed by atoms with Crippen LogP contribution in [0.3, 0.4) is 0 Å². The molecular formula is C28H18N4O2W. The summed E-state index contributed by atoms with van der Waals surface area (Å²) < 4.78 is 0. The molecule has 0 unspecified atom stereocenters. The van der Waals surface area contributed by atoms with Crippen LogP contribution in [0.25, 0.3) is 10.6 Å². The number of hydrogen-bond acceptors (Lipinski definition) is 4. The topological polar surface area (TPSA) is 87.1 Å². The van der Waals surface area contributed by atoms with Crippen molar-refractivity contribution in [1.29, 1.82) is 0 Å². The van der Waals surface area contributed by atoms with Gasteiger partial charge in [0.05, 0.1) is 22.8 Å². The fourth-order valence-electron chi connectivity index (χ4n) is 3.58. The van der Waals surface area contributed by atoms with E-state index in [0.717, 1.165) is 22.5 Å².